The van der Waals surface area contributed by atoms with Gasteiger partial charge in [0.05, 0.1) is 12.7 Å². The van der Waals surface area contributed by atoms with Gasteiger partial charge in [0.1, 0.15) is 0 Å². The average molecular weight is 321 g/mol. The molecule has 0 bridgehead atoms. The molecule has 0 aliphatic heterocycles. The highest BCUT2D eigenvalue weighted by Gasteiger charge is 2.13. The summed E-state index contributed by atoms with van der Waals surface area (Å²) in [5, 5.41) is 0. The maximum atomic E-state index is 12.3. The van der Waals surface area contributed by atoms with Gasteiger partial charge in [0.2, 0.25) is 0 Å². The van der Waals surface area contributed by atoms with E-state index in [9.17, 15) is 4.79 Å². The molecule has 98 valence electrons. The molecule has 0 saturated carbocycles. The smallest absolute Gasteiger partial charge is 0.316 e. The molecule has 0 N–H and O–H groups in total. The third-order valence-corrected chi connectivity index (χ3v) is 4.02. The van der Waals surface area contributed by atoms with Crippen LogP contribution in [-0.2, 0) is 0 Å². The number of ether oxygens (including phenoxy) is 1. The van der Waals surface area contributed by atoms with E-state index >= 15 is 0 Å². The number of ketones is 1. The third-order valence-electron chi connectivity index (χ3n) is 2.77. The van der Waals surface area contributed by atoms with Gasteiger partial charge in [-0.15, -0.1) is 0 Å². The molecule has 4 nitrogen and oxygen atoms in total. The summed E-state index contributed by atoms with van der Waals surface area (Å²) in [6.45, 7) is 3.91. The second kappa shape index (κ2) is 5.48. The highest BCUT2D eigenvalue weighted by Crippen LogP contribution is 2.23. The lowest BCUT2D eigenvalue weighted by Crippen LogP contribution is -2.05. The molecule has 0 radical (unpaired) electrons. The van der Waals surface area contributed by atoms with Gasteiger partial charge in [0.15, 0.2) is 5.78 Å². The van der Waals surface area contributed by atoms with Gasteiger partial charge < -0.3 is 4.74 Å². The highest BCUT2D eigenvalue weighted by atomic mass is 79.9. The van der Waals surface area contributed by atoms with Crippen LogP contribution < -0.4 is 4.74 Å². The summed E-state index contributed by atoms with van der Waals surface area (Å²) in [4.78, 5) is 20.2. The zero-order valence-electron chi connectivity index (χ0n) is 10.9. The fraction of sp³-hybridized carbons (Fsp3) is 0.214. The summed E-state index contributed by atoms with van der Waals surface area (Å²) < 4.78 is 5.89. The molecule has 0 amide bonds. The van der Waals surface area contributed by atoms with E-state index in [1.807, 2.05) is 26.0 Å². The number of carbonyl (C=O) groups is 1. The Morgan fingerprint density at radius 2 is 1.63 bits per heavy atom. The first kappa shape index (κ1) is 13.7. The second-order valence-electron chi connectivity index (χ2n) is 4.21. The number of nitrogens with zero attached hydrogens (tertiary/aromatic N) is 2. The predicted octanol–water partition coefficient (Wildman–Crippen LogP) is 3.10. The molecule has 0 aliphatic rings. The Balaban J connectivity index is 2.38. The number of carbonyl (C=O) groups excluding carboxylic acids is 1. The van der Waals surface area contributed by atoms with Crippen molar-refractivity contribution in [2.75, 3.05) is 7.11 Å². The lowest BCUT2D eigenvalue weighted by molar-refractivity contribution is 0.103. The Morgan fingerprint density at radius 3 is 2.11 bits per heavy atom. The number of halogens is 1. The molecule has 0 saturated heterocycles. The Hall–Kier alpha value is -1.75. The van der Waals surface area contributed by atoms with Gasteiger partial charge in [-0.1, -0.05) is 15.9 Å². The van der Waals surface area contributed by atoms with Crippen LogP contribution in [0.25, 0.3) is 0 Å². The standard InChI is InChI=1S/C14H13BrN2O2/c1-8-4-10(5-9(2)12(8)15)13(18)11-6-16-14(19-3)17-7-11/h4-7H,1-3H3. The quantitative estimate of drug-likeness (QED) is 0.815. The molecule has 2 rings (SSSR count). The highest BCUT2D eigenvalue weighted by molar-refractivity contribution is 9.10. The lowest BCUT2D eigenvalue weighted by atomic mass is 10.0. The molecular formula is C14H13BrN2O2. The first-order valence-electron chi connectivity index (χ1n) is 5.70. The summed E-state index contributed by atoms with van der Waals surface area (Å²) in [6, 6.07) is 3.95. The van der Waals surface area contributed by atoms with E-state index < -0.39 is 0 Å². The van der Waals surface area contributed by atoms with Crippen LogP contribution in [0.5, 0.6) is 6.01 Å². The van der Waals surface area contributed by atoms with Gasteiger partial charge in [-0.05, 0) is 37.1 Å². The number of aromatic nitrogens is 2. The molecule has 1 aromatic carbocycles. The van der Waals surface area contributed by atoms with Crippen molar-refractivity contribution in [2.45, 2.75) is 13.8 Å². The monoisotopic (exact) mass is 320 g/mol. The SMILES string of the molecule is COc1ncc(C(=O)c2cc(C)c(Br)c(C)c2)cn1. The van der Waals surface area contributed by atoms with Crippen LogP contribution in [-0.4, -0.2) is 22.9 Å². The van der Waals surface area contributed by atoms with E-state index in [1.54, 1.807) is 0 Å². The number of hydrogen-bond acceptors (Lipinski definition) is 4. The van der Waals surface area contributed by atoms with Gasteiger partial charge in [-0.3, -0.25) is 4.79 Å². The molecule has 1 heterocycles. The fourth-order valence-corrected chi connectivity index (χ4v) is 2.01. The zero-order valence-corrected chi connectivity index (χ0v) is 12.5. The number of methoxy groups -OCH3 is 1. The molecule has 19 heavy (non-hydrogen) atoms. The predicted molar refractivity (Wildman–Crippen MR) is 75.6 cm³/mol. The first-order chi connectivity index (χ1) is 9.02. The van der Waals surface area contributed by atoms with Gasteiger partial charge in [-0.25, -0.2) is 9.97 Å². The van der Waals surface area contributed by atoms with E-state index in [0.717, 1.165) is 15.6 Å². The fourth-order valence-electron chi connectivity index (χ4n) is 1.78. The molecule has 0 aliphatic carbocycles. The maximum absolute atomic E-state index is 12.3. The van der Waals surface area contributed by atoms with Crippen LogP contribution in [0.4, 0.5) is 0 Å². The Bertz CT molecular complexity index is 601. The Morgan fingerprint density at radius 1 is 1.11 bits per heavy atom. The molecular weight excluding hydrogens is 308 g/mol. The summed E-state index contributed by atoms with van der Waals surface area (Å²) in [7, 11) is 1.48. The number of rotatable bonds is 3. The molecule has 0 unspecified atom stereocenters. The summed E-state index contributed by atoms with van der Waals surface area (Å²) in [6.07, 6.45) is 2.95. The topological polar surface area (TPSA) is 52.1 Å². The minimum absolute atomic E-state index is 0.0960. The van der Waals surface area contributed by atoms with Crippen LogP contribution in [0.1, 0.15) is 27.0 Å². The minimum Gasteiger partial charge on any atom is -0.467 e. The van der Waals surface area contributed by atoms with Crippen LogP contribution >= 0.6 is 15.9 Å². The van der Waals surface area contributed by atoms with Crippen molar-refractivity contribution >= 4 is 21.7 Å². The Labute approximate surface area is 120 Å². The number of hydrogen-bond donors (Lipinski definition) is 0. The zero-order chi connectivity index (χ0) is 14.0. The third kappa shape index (κ3) is 2.81. The van der Waals surface area contributed by atoms with Crippen molar-refractivity contribution in [1.29, 1.82) is 0 Å². The van der Waals surface area contributed by atoms with E-state index in [-0.39, 0.29) is 11.8 Å². The van der Waals surface area contributed by atoms with Gasteiger partial charge in [0, 0.05) is 22.4 Å². The lowest BCUT2D eigenvalue weighted by Gasteiger charge is -2.07. The van der Waals surface area contributed by atoms with E-state index in [4.69, 9.17) is 4.74 Å². The van der Waals surface area contributed by atoms with Crippen molar-refractivity contribution in [3.63, 3.8) is 0 Å². The summed E-state index contributed by atoms with van der Waals surface area (Å²) >= 11 is 3.48. The van der Waals surface area contributed by atoms with Crippen molar-refractivity contribution in [2.24, 2.45) is 0 Å². The summed E-state index contributed by atoms with van der Waals surface area (Å²) in [5.74, 6) is -0.0960. The molecule has 1 aromatic heterocycles. The van der Waals surface area contributed by atoms with Crippen LogP contribution in [0, 0.1) is 13.8 Å². The van der Waals surface area contributed by atoms with Gasteiger partial charge >= 0.3 is 6.01 Å². The second-order valence-corrected chi connectivity index (χ2v) is 5.00. The van der Waals surface area contributed by atoms with Crippen LogP contribution in [0.15, 0.2) is 29.0 Å². The van der Waals surface area contributed by atoms with Crippen molar-refractivity contribution in [1.82, 2.24) is 9.97 Å². The summed E-state index contributed by atoms with van der Waals surface area (Å²) in [5.41, 5.74) is 3.13. The Kier molecular flexibility index (Phi) is 3.95. The normalized spacial score (nSPS) is 10.3. The van der Waals surface area contributed by atoms with Crippen LogP contribution in [0.2, 0.25) is 0 Å². The average Bonchev–Trinajstić information content (AvgIpc) is 2.43. The van der Waals surface area contributed by atoms with E-state index in [2.05, 4.69) is 25.9 Å². The molecule has 5 heteroatoms. The van der Waals surface area contributed by atoms with E-state index in [1.165, 1.54) is 19.5 Å². The van der Waals surface area contributed by atoms with Crippen molar-refractivity contribution < 1.29 is 9.53 Å². The minimum atomic E-state index is -0.0960. The number of benzene rings is 1. The van der Waals surface area contributed by atoms with Crippen molar-refractivity contribution in [3.05, 3.63) is 51.3 Å². The van der Waals surface area contributed by atoms with E-state index in [0.29, 0.717) is 11.1 Å². The molecule has 0 atom stereocenters. The largest absolute Gasteiger partial charge is 0.467 e. The first-order valence-corrected chi connectivity index (χ1v) is 6.49. The van der Waals surface area contributed by atoms with Crippen LogP contribution in [0.3, 0.4) is 0 Å². The van der Waals surface area contributed by atoms with Crippen molar-refractivity contribution in [3.8, 4) is 6.01 Å². The maximum Gasteiger partial charge on any atom is 0.316 e. The molecule has 0 fully saturated rings. The van der Waals surface area contributed by atoms with Gasteiger partial charge in [0.25, 0.3) is 0 Å². The van der Waals surface area contributed by atoms with Gasteiger partial charge in [-0.2, -0.15) is 0 Å². The molecule has 0 spiro atoms. The molecule has 2 aromatic rings. The number of aryl methyl sites for hydroxylation is 2.